The van der Waals surface area contributed by atoms with E-state index in [-0.39, 0.29) is 24.1 Å². The van der Waals surface area contributed by atoms with Gasteiger partial charge in [-0.15, -0.1) is 6.42 Å². The summed E-state index contributed by atoms with van der Waals surface area (Å²) in [4.78, 5) is 35.6. The third-order valence-corrected chi connectivity index (χ3v) is 5.45. The number of amides is 2. The number of terminal acetylenes is 1. The minimum atomic E-state index is -0.457. The lowest BCUT2D eigenvalue weighted by Gasteiger charge is -2.09. The van der Waals surface area contributed by atoms with E-state index < -0.39 is 10.8 Å². The van der Waals surface area contributed by atoms with Crippen LogP contribution in [0.3, 0.4) is 0 Å². The minimum absolute atomic E-state index is 0.0194. The van der Waals surface area contributed by atoms with Gasteiger partial charge in [0.05, 0.1) is 20.8 Å². The maximum absolute atomic E-state index is 12.2. The van der Waals surface area contributed by atoms with Crippen LogP contribution in [0.25, 0.3) is 6.08 Å². The third kappa shape index (κ3) is 4.85. The Morgan fingerprint density at radius 1 is 1.24 bits per heavy atom. The SMILES string of the molecule is C#CCN1C(=O)S/C(=C\c2ccc(OCc3ccc([N+](=O)[O-])cc3)c(Br)c2)C1=O. The van der Waals surface area contributed by atoms with Gasteiger partial charge in [0.2, 0.25) is 0 Å². The fraction of sp³-hybridized carbons (Fsp3) is 0.100. The van der Waals surface area contributed by atoms with Crippen LogP contribution < -0.4 is 4.74 Å². The maximum atomic E-state index is 12.2. The Labute approximate surface area is 179 Å². The second-order valence-electron chi connectivity index (χ2n) is 5.87. The molecule has 29 heavy (non-hydrogen) atoms. The number of nitrogens with zero attached hydrogens (tertiary/aromatic N) is 2. The Morgan fingerprint density at radius 3 is 2.59 bits per heavy atom. The zero-order valence-corrected chi connectivity index (χ0v) is 17.2. The summed E-state index contributed by atoms with van der Waals surface area (Å²) in [7, 11) is 0. The summed E-state index contributed by atoms with van der Waals surface area (Å²) < 4.78 is 6.40. The van der Waals surface area contributed by atoms with Crippen LogP contribution in [-0.4, -0.2) is 27.5 Å². The molecule has 1 aliphatic rings. The van der Waals surface area contributed by atoms with Crippen molar-refractivity contribution in [3.8, 4) is 18.1 Å². The van der Waals surface area contributed by atoms with Crippen LogP contribution in [0.4, 0.5) is 10.5 Å². The number of ether oxygens (including phenoxy) is 1. The van der Waals surface area contributed by atoms with Gasteiger partial charge < -0.3 is 4.74 Å². The average molecular weight is 473 g/mol. The summed E-state index contributed by atoms with van der Waals surface area (Å²) in [6.07, 6.45) is 6.80. The molecule has 1 aliphatic heterocycles. The predicted octanol–water partition coefficient (Wildman–Crippen LogP) is 4.61. The molecule has 7 nitrogen and oxygen atoms in total. The topological polar surface area (TPSA) is 89.8 Å². The van der Waals surface area contributed by atoms with Crippen molar-refractivity contribution < 1.29 is 19.2 Å². The number of hydrogen-bond donors (Lipinski definition) is 0. The molecule has 0 bridgehead atoms. The van der Waals surface area contributed by atoms with Gasteiger partial charge in [0.15, 0.2) is 0 Å². The van der Waals surface area contributed by atoms with E-state index in [1.54, 1.807) is 36.4 Å². The number of non-ortho nitro benzene ring substituents is 1. The number of halogens is 1. The summed E-state index contributed by atoms with van der Waals surface area (Å²) in [6, 6.07) is 11.4. The largest absolute Gasteiger partial charge is 0.488 e. The Kier molecular flexibility index (Phi) is 6.36. The fourth-order valence-corrected chi connectivity index (χ4v) is 3.83. The van der Waals surface area contributed by atoms with Crippen LogP contribution in [-0.2, 0) is 11.4 Å². The van der Waals surface area contributed by atoms with E-state index in [1.807, 2.05) is 0 Å². The molecule has 0 aliphatic carbocycles. The monoisotopic (exact) mass is 472 g/mol. The first-order valence-electron chi connectivity index (χ1n) is 8.23. The summed E-state index contributed by atoms with van der Waals surface area (Å²) in [5.41, 5.74) is 1.52. The van der Waals surface area contributed by atoms with Gasteiger partial charge in [-0.2, -0.15) is 0 Å². The number of carbonyl (C=O) groups excluding carboxylic acids is 2. The first-order valence-corrected chi connectivity index (χ1v) is 9.84. The molecule has 0 saturated carbocycles. The summed E-state index contributed by atoms with van der Waals surface area (Å²) >= 11 is 4.27. The van der Waals surface area contributed by atoms with Crippen molar-refractivity contribution in [3.63, 3.8) is 0 Å². The fourth-order valence-electron chi connectivity index (χ4n) is 2.48. The lowest BCUT2D eigenvalue weighted by molar-refractivity contribution is -0.384. The number of thioether (sulfide) groups is 1. The lowest BCUT2D eigenvalue weighted by Crippen LogP contribution is -2.28. The van der Waals surface area contributed by atoms with Crippen LogP contribution in [0.1, 0.15) is 11.1 Å². The Balaban J connectivity index is 1.69. The zero-order valence-electron chi connectivity index (χ0n) is 14.8. The molecule has 2 aromatic rings. The van der Waals surface area contributed by atoms with E-state index >= 15 is 0 Å². The molecule has 0 radical (unpaired) electrons. The highest BCUT2D eigenvalue weighted by atomic mass is 79.9. The van der Waals surface area contributed by atoms with E-state index in [2.05, 4.69) is 21.9 Å². The van der Waals surface area contributed by atoms with Gasteiger partial charge in [-0.25, -0.2) is 0 Å². The molecule has 0 spiro atoms. The first-order chi connectivity index (χ1) is 13.9. The third-order valence-electron chi connectivity index (χ3n) is 3.92. The van der Waals surface area contributed by atoms with Crippen LogP contribution in [0.5, 0.6) is 5.75 Å². The van der Waals surface area contributed by atoms with Crippen molar-refractivity contribution >= 4 is 50.6 Å². The van der Waals surface area contributed by atoms with E-state index in [9.17, 15) is 19.7 Å². The molecule has 0 atom stereocenters. The Bertz CT molecular complexity index is 1060. The number of nitro groups is 1. The summed E-state index contributed by atoms with van der Waals surface area (Å²) in [5.74, 6) is 2.45. The molecule has 146 valence electrons. The van der Waals surface area contributed by atoms with Gasteiger partial charge in [-0.05, 0) is 69.2 Å². The molecule has 0 aromatic heterocycles. The van der Waals surface area contributed by atoms with Gasteiger partial charge in [0.25, 0.3) is 16.8 Å². The molecule has 2 amide bonds. The molecular formula is C20H13BrN2O5S. The minimum Gasteiger partial charge on any atom is -0.488 e. The van der Waals surface area contributed by atoms with Gasteiger partial charge in [0, 0.05) is 12.1 Å². The van der Waals surface area contributed by atoms with E-state index in [0.717, 1.165) is 22.2 Å². The van der Waals surface area contributed by atoms with Gasteiger partial charge >= 0.3 is 0 Å². The number of benzene rings is 2. The van der Waals surface area contributed by atoms with Crippen molar-refractivity contribution in [2.75, 3.05) is 6.54 Å². The molecule has 9 heteroatoms. The standard InChI is InChI=1S/C20H13BrN2O5S/c1-2-9-22-19(24)18(29-20(22)25)11-14-5-8-17(16(21)10-14)28-12-13-3-6-15(7-4-13)23(26)27/h1,3-8,10-11H,9,12H2/b18-11-. The summed E-state index contributed by atoms with van der Waals surface area (Å²) in [5, 5.41) is 10.3. The highest BCUT2D eigenvalue weighted by molar-refractivity contribution is 9.10. The molecule has 3 rings (SSSR count). The van der Waals surface area contributed by atoms with Crippen LogP contribution in [0.15, 0.2) is 51.8 Å². The molecule has 1 heterocycles. The highest BCUT2D eigenvalue weighted by Gasteiger charge is 2.34. The van der Waals surface area contributed by atoms with E-state index in [1.165, 1.54) is 12.1 Å². The predicted molar refractivity (Wildman–Crippen MR) is 113 cm³/mol. The molecule has 2 aromatic carbocycles. The zero-order chi connectivity index (χ0) is 21.0. The van der Waals surface area contributed by atoms with Crippen molar-refractivity contribution in [3.05, 3.63) is 73.1 Å². The smallest absolute Gasteiger partial charge is 0.294 e. The Morgan fingerprint density at radius 2 is 1.97 bits per heavy atom. The molecular weight excluding hydrogens is 460 g/mol. The number of imide groups is 1. The van der Waals surface area contributed by atoms with Crippen LogP contribution in [0, 0.1) is 22.5 Å². The van der Waals surface area contributed by atoms with Gasteiger partial charge in [-0.1, -0.05) is 12.0 Å². The van der Waals surface area contributed by atoms with Crippen LogP contribution in [0.2, 0.25) is 0 Å². The molecule has 0 unspecified atom stereocenters. The highest BCUT2D eigenvalue weighted by Crippen LogP contribution is 2.33. The molecule has 1 fully saturated rings. The normalized spacial score (nSPS) is 14.9. The number of carbonyl (C=O) groups is 2. The van der Waals surface area contributed by atoms with E-state index in [4.69, 9.17) is 11.2 Å². The second kappa shape index (κ2) is 8.94. The second-order valence-corrected chi connectivity index (χ2v) is 7.72. The molecule has 0 N–H and O–H groups in total. The quantitative estimate of drug-likeness (QED) is 0.264. The van der Waals surface area contributed by atoms with Gasteiger partial charge in [-0.3, -0.25) is 24.6 Å². The van der Waals surface area contributed by atoms with Gasteiger partial charge in [0.1, 0.15) is 12.4 Å². The van der Waals surface area contributed by atoms with Crippen molar-refractivity contribution in [2.45, 2.75) is 6.61 Å². The Hall–Kier alpha value is -3.09. The lowest BCUT2D eigenvalue weighted by atomic mass is 10.2. The number of nitro benzene ring substituents is 1. The average Bonchev–Trinajstić information content (AvgIpc) is 2.95. The van der Waals surface area contributed by atoms with E-state index in [0.29, 0.717) is 20.7 Å². The summed E-state index contributed by atoms with van der Waals surface area (Å²) in [6.45, 7) is 0.183. The van der Waals surface area contributed by atoms with Crippen LogP contribution >= 0.6 is 27.7 Å². The first kappa shape index (κ1) is 20.6. The van der Waals surface area contributed by atoms with Crippen molar-refractivity contribution in [1.82, 2.24) is 4.90 Å². The maximum Gasteiger partial charge on any atom is 0.294 e. The molecule has 1 saturated heterocycles. The van der Waals surface area contributed by atoms with Crippen molar-refractivity contribution in [1.29, 1.82) is 0 Å². The number of hydrogen-bond acceptors (Lipinski definition) is 6. The number of rotatable bonds is 6. The van der Waals surface area contributed by atoms with Crippen molar-refractivity contribution in [2.24, 2.45) is 0 Å².